The normalized spacial score (nSPS) is 16.4. The van der Waals surface area contributed by atoms with Crippen molar-refractivity contribution in [2.45, 2.75) is 79.3 Å². The molecule has 2 fully saturated rings. The number of piperidine rings is 2. The molecule has 0 atom stereocenters. The van der Waals surface area contributed by atoms with Crippen LogP contribution in [0.25, 0.3) is 6.08 Å². The maximum absolute atomic E-state index is 12.0. The van der Waals surface area contributed by atoms with E-state index >= 15 is 0 Å². The minimum Gasteiger partial charge on any atom is -0.370 e. The summed E-state index contributed by atoms with van der Waals surface area (Å²) in [5.41, 5.74) is 3.88. The second-order valence-corrected chi connectivity index (χ2v) is 10.1. The Balaban J connectivity index is 0.000000366. The van der Waals surface area contributed by atoms with Gasteiger partial charge in [0.25, 0.3) is 0 Å². The number of carbonyl (C=O) groups excluding carboxylic acids is 1. The van der Waals surface area contributed by atoms with Gasteiger partial charge in [-0.25, -0.2) is 9.79 Å². The zero-order valence-electron chi connectivity index (χ0n) is 27.0. The highest BCUT2D eigenvalue weighted by molar-refractivity contribution is 5.81. The highest BCUT2D eigenvalue weighted by Gasteiger charge is 2.24. The topological polar surface area (TPSA) is 89.0 Å². The quantitative estimate of drug-likeness (QED) is 0.318. The lowest BCUT2D eigenvalue weighted by Gasteiger charge is -2.37. The van der Waals surface area contributed by atoms with E-state index in [-0.39, 0.29) is 11.7 Å². The summed E-state index contributed by atoms with van der Waals surface area (Å²) in [5.74, 6) is 0.608. The van der Waals surface area contributed by atoms with Crippen molar-refractivity contribution in [3.05, 3.63) is 46.5 Å². The first-order valence-electron chi connectivity index (χ1n) is 15.1. The molecule has 2 saturated heterocycles. The van der Waals surface area contributed by atoms with Gasteiger partial charge < -0.3 is 20.0 Å². The van der Waals surface area contributed by atoms with Gasteiger partial charge in [0.05, 0.1) is 17.1 Å². The van der Waals surface area contributed by atoms with Crippen molar-refractivity contribution in [3.8, 4) is 0 Å². The Morgan fingerprint density at radius 2 is 1.59 bits per heavy atom. The lowest BCUT2D eigenvalue weighted by molar-refractivity contribution is -0.105. The van der Waals surface area contributed by atoms with E-state index in [2.05, 4.69) is 69.8 Å². The van der Waals surface area contributed by atoms with Crippen molar-refractivity contribution in [2.75, 3.05) is 57.5 Å². The average Bonchev–Trinajstić information content (AvgIpc) is 3.31. The summed E-state index contributed by atoms with van der Waals surface area (Å²) >= 11 is 0. The predicted octanol–water partition coefficient (Wildman–Crippen LogP) is 5.95. The number of aliphatic imine (C=N–C) groups is 1. The molecule has 2 aliphatic heterocycles. The molecule has 0 saturated carbocycles. The summed E-state index contributed by atoms with van der Waals surface area (Å²) in [5, 5.41) is 2.81. The van der Waals surface area contributed by atoms with E-state index in [0.29, 0.717) is 11.9 Å². The zero-order chi connectivity index (χ0) is 30.9. The number of nitrogens with zero attached hydrogens (tertiary/aromatic N) is 5. The van der Waals surface area contributed by atoms with Crippen molar-refractivity contribution < 1.29 is 4.79 Å². The molecule has 3 heterocycles. The lowest BCUT2D eigenvalue weighted by Crippen LogP contribution is -2.42. The van der Waals surface area contributed by atoms with Crippen LogP contribution in [0, 0.1) is 6.92 Å². The number of aryl methyl sites for hydroxylation is 1. The third-order valence-electron chi connectivity index (χ3n) is 7.43. The molecule has 0 spiro atoms. The molecule has 2 aromatic rings. The number of nitrogens with one attached hydrogen (secondary N) is 2. The van der Waals surface area contributed by atoms with Gasteiger partial charge in [0.15, 0.2) is 5.82 Å². The van der Waals surface area contributed by atoms with Crippen LogP contribution in [-0.4, -0.2) is 85.3 Å². The summed E-state index contributed by atoms with van der Waals surface area (Å²) < 4.78 is 1.81. The van der Waals surface area contributed by atoms with Crippen molar-refractivity contribution in [3.63, 3.8) is 0 Å². The molecule has 2 N–H and O–H groups in total. The average molecular weight is 570 g/mol. The Morgan fingerprint density at radius 3 is 2.10 bits per heavy atom. The van der Waals surface area contributed by atoms with Crippen molar-refractivity contribution in [1.29, 1.82) is 0 Å². The van der Waals surface area contributed by atoms with E-state index in [1.54, 1.807) is 12.3 Å². The Kier molecular flexibility index (Phi) is 16.7. The minimum atomic E-state index is -0.0833. The molecule has 9 heteroatoms. The number of carbonyl (C=O) groups is 1. The number of likely N-dealkylation sites (tertiary alicyclic amines) is 2. The number of aromatic nitrogens is 2. The lowest BCUT2D eigenvalue weighted by atomic mass is 10.0. The molecule has 0 unspecified atom stereocenters. The third-order valence-corrected chi connectivity index (χ3v) is 7.43. The number of aromatic amines is 1. The van der Waals surface area contributed by atoms with Crippen LogP contribution in [0.15, 0.2) is 34.6 Å². The Hall–Kier alpha value is -3.17. The highest BCUT2D eigenvalue weighted by Crippen LogP contribution is 2.30. The first-order valence-corrected chi connectivity index (χ1v) is 15.1. The molecule has 1 aromatic carbocycles. The Labute approximate surface area is 248 Å². The maximum Gasteiger partial charge on any atom is 0.327 e. The van der Waals surface area contributed by atoms with Gasteiger partial charge in [-0.1, -0.05) is 40.3 Å². The van der Waals surface area contributed by atoms with Gasteiger partial charge in [-0.2, -0.15) is 0 Å². The standard InChI is InChI=1S/C15H23N3O.C13H20N4O.2C2H6/c1-12-4-5-15(14(10-12)16-11-19)18(3)13-6-8-17(2)9-7-13;1-4-11-12(14-5-2)15-13(18)17(11)10-6-8-16(3)9-7-10;2*1-2/h4-5,10-11,13H,6-9H2,1-3H3,(H,16,19);4-5,10H,1,6-9H2,2-3H3,(H,15,18);2*1-2H3/b;14-5-;;. The number of imidazole rings is 1. The van der Waals surface area contributed by atoms with Gasteiger partial charge in [0.1, 0.15) is 0 Å². The number of anilines is 2. The maximum atomic E-state index is 12.0. The largest absolute Gasteiger partial charge is 0.370 e. The molecule has 41 heavy (non-hydrogen) atoms. The van der Waals surface area contributed by atoms with E-state index < -0.39 is 0 Å². The van der Waals surface area contributed by atoms with E-state index in [9.17, 15) is 9.59 Å². The summed E-state index contributed by atoms with van der Waals surface area (Å²) in [6.07, 6.45) is 8.45. The van der Waals surface area contributed by atoms with Gasteiger partial charge >= 0.3 is 5.69 Å². The van der Waals surface area contributed by atoms with Gasteiger partial charge in [0.2, 0.25) is 6.41 Å². The van der Waals surface area contributed by atoms with Crippen LogP contribution in [0.5, 0.6) is 0 Å². The van der Waals surface area contributed by atoms with E-state index in [4.69, 9.17) is 0 Å². The molecule has 2 aliphatic rings. The molecule has 0 bridgehead atoms. The molecule has 1 amide bonds. The molecule has 4 rings (SSSR count). The second-order valence-electron chi connectivity index (χ2n) is 10.1. The first-order chi connectivity index (χ1) is 19.8. The number of amides is 1. The van der Waals surface area contributed by atoms with Crippen molar-refractivity contribution in [1.82, 2.24) is 19.4 Å². The Bertz CT molecular complexity index is 1120. The molecular weight excluding hydrogens is 514 g/mol. The number of H-pyrrole nitrogens is 1. The predicted molar refractivity (Wildman–Crippen MR) is 177 cm³/mol. The van der Waals surface area contributed by atoms with Crippen LogP contribution >= 0.6 is 0 Å². The Morgan fingerprint density at radius 1 is 1.02 bits per heavy atom. The number of rotatable bonds is 7. The van der Waals surface area contributed by atoms with Crippen LogP contribution in [0.3, 0.4) is 0 Å². The van der Waals surface area contributed by atoms with Crippen molar-refractivity contribution >= 4 is 35.9 Å². The monoisotopic (exact) mass is 569 g/mol. The molecular formula is C32H55N7O2. The summed E-state index contributed by atoms with van der Waals surface area (Å²) in [6.45, 7) is 20.0. The van der Waals surface area contributed by atoms with Crippen LogP contribution in [0.4, 0.5) is 17.2 Å². The van der Waals surface area contributed by atoms with E-state index in [0.717, 1.165) is 68.1 Å². The number of hydrogen-bond donors (Lipinski definition) is 2. The fraction of sp³-hybridized carbons (Fsp3) is 0.594. The first kappa shape index (κ1) is 35.9. The molecule has 230 valence electrons. The van der Waals surface area contributed by atoms with Gasteiger partial charge in [-0.15, -0.1) is 0 Å². The fourth-order valence-corrected chi connectivity index (χ4v) is 5.20. The molecule has 1 aromatic heterocycles. The number of benzene rings is 1. The summed E-state index contributed by atoms with van der Waals surface area (Å²) in [4.78, 5) is 36.7. The minimum absolute atomic E-state index is 0.0833. The third kappa shape index (κ3) is 10.3. The van der Waals surface area contributed by atoms with Gasteiger partial charge in [0, 0.05) is 25.3 Å². The molecule has 9 nitrogen and oxygen atoms in total. The fourth-order valence-electron chi connectivity index (χ4n) is 5.20. The van der Waals surface area contributed by atoms with Gasteiger partial charge in [-0.3, -0.25) is 14.3 Å². The second kappa shape index (κ2) is 19.0. The molecule has 0 aliphatic carbocycles. The van der Waals surface area contributed by atoms with E-state index in [1.807, 2.05) is 52.2 Å². The van der Waals surface area contributed by atoms with E-state index in [1.165, 1.54) is 12.8 Å². The van der Waals surface area contributed by atoms with Crippen molar-refractivity contribution in [2.24, 2.45) is 4.99 Å². The molecule has 0 radical (unpaired) electrons. The SMILES string of the molecule is C=Cc1c(/N=C\C)[nH]c(=O)n1C1CCN(C)CC1.CC.CC.Cc1ccc(N(C)C2CCN(C)CC2)c(NC=O)c1. The summed E-state index contributed by atoms with van der Waals surface area (Å²) in [6, 6.07) is 7.01. The van der Waals surface area contributed by atoms with Crippen LogP contribution in [0.1, 0.15) is 77.6 Å². The summed E-state index contributed by atoms with van der Waals surface area (Å²) in [7, 11) is 6.40. The highest BCUT2D eigenvalue weighted by atomic mass is 16.1. The van der Waals surface area contributed by atoms with Gasteiger partial charge in [-0.05, 0) is 104 Å². The number of hydrogen-bond acceptors (Lipinski definition) is 6. The smallest absolute Gasteiger partial charge is 0.327 e. The van der Waals surface area contributed by atoms with Crippen LogP contribution in [-0.2, 0) is 4.79 Å². The van der Waals surface area contributed by atoms with Crippen LogP contribution in [0.2, 0.25) is 0 Å². The van der Waals surface area contributed by atoms with Crippen LogP contribution < -0.4 is 15.9 Å². The zero-order valence-corrected chi connectivity index (χ0v) is 27.0.